The van der Waals surface area contributed by atoms with Gasteiger partial charge in [0.15, 0.2) is 5.17 Å². The quantitative estimate of drug-likeness (QED) is 0.265. The Hall–Kier alpha value is -0.940. The summed E-state index contributed by atoms with van der Waals surface area (Å²) in [6.07, 6.45) is 0. The summed E-state index contributed by atoms with van der Waals surface area (Å²) in [6, 6.07) is 3.74. The number of rotatable bonds is 2. The van der Waals surface area contributed by atoms with Crippen LogP contribution in [0.3, 0.4) is 0 Å². The Morgan fingerprint density at radius 3 is 2.93 bits per heavy atom. The predicted octanol–water partition coefficient (Wildman–Crippen LogP) is 1.47. The summed E-state index contributed by atoms with van der Waals surface area (Å²) in [5.41, 5.74) is 7.38. The average molecular weight is 231 g/mol. The number of thioether (sulfide) groups is 1. The first-order valence-corrected chi connectivity index (χ1v) is 5.27. The molecule has 6 heteroatoms. The molecule has 76 valence electrons. The largest absolute Gasteiger partial charge is 0.377 e. The van der Waals surface area contributed by atoms with E-state index in [1.54, 1.807) is 6.07 Å². The van der Waals surface area contributed by atoms with Gasteiger partial charge >= 0.3 is 0 Å². The van der Waals surface area contributed by atoms with Gasteiger partial charge in [0.25, 0.3) is 0 Å². The molecule has 4 nitrogen and oxygen atoms in total. The van der Waals surface area contributed by atoms with Gasteiger partial charge in [-0.05, 0) is 24.6 Å². The van der Waals surface area contributed by atoms with Crippen LogP contribution >= 0.6 is 23.4 Å². The van der Waals surface area contributed by atoms with Crippen LogP contribution in [0.2, 0.25) is 5.15 Å². The van der Waals surface area contributed by atoms with Crippen molar-refractivity contribution in [1.29, 1.82) is 0 Å². The van der Waals surface area contributed by atoms with Crippen LogP contribution < -0.4 is 11.6 Å². The fourth-order valence-electron chi connectivity index (χ4n) is 0.974. The number of aryl methyl sites for hydroxylation is 1. The fourth-order valence-corrected chi connectivity index (χ4v) is 1.80. The zero-order valence-corrected chi connectivity index (χ0v) is 9.27. The normalized spacial score (nSPS) is 11.7. The Kier molecular flexibility index (Phi) is 4.03. The molecule has 0 radical (unpaired) electrons. The minimum atomic E-state index is 0.357. The maximum atomic E-state index is 5.79. The highest BCUT2D eigenvalue weighted by Crippen LogP contribution is 2.16. The number of hydrogen-bond acceptors (Lipinski definition) is 4. The molecular formula is C8H11ClN4S. The van der Waals surface area contributed by atoms with Gasteiger partial charge in [0.1, 0.15) is 5.15 Å². The summed E-state index contributed by atoms with van der Waals surface area (Å²) in [4.78, 5) is 4.05. The molecular weight excluding hydrogens is 220 g/mol. The van der Waals surface area contributed by atoms with E-state index in [1.807, 2.05) is 13.0 Å². The number of hydrogen-bond donors (Lipinski definition) is 2. The van der Waals surface area contributed by atoms with Crippen LogP contribution in [0.4, 0.5) is 0 Å². The molecule has 1 heterocycles. The van der Waals surface area contributed by atoms with Crippen LogP contribution in [0.5, 0.6) is 0 Å². The molecule has 0 spiro atoms. The highest BCUT2D eigenvalue weighted by molar-refractivity contribution is 8.13. The second-order valence-corrected chi connectivity index (χ2v) is 4.08. The number of halogens is 1. The molecule has 0 bridgehead atoms. The van der Waals surface area contributed by atoms with Crippen molar-refractivity contribution in [3.05, 3.63) is 28.5 Å². The number of hydrazone groups is 1. The molecule has 0 aliphatic rings. The van der Waals surface area contributed by atoms with E-state index in [1.165, 1.54) is 11.8 Å². The predicted molar refractivity (Wildman–Crippen MR) is 61.1 cm³/mol. The van der Waals surface area contributed by atoms with Gasteiger partial charge in [-0.15, -0.1) is 0 Å². The van der Waals surface area contributed by atoms with E-state index in [4.69, 9.17) is 23.2 Å². The van der Waals surface area contributed by atoms with Crippen molar-refractivity contribution >= 4 is 28.5 Å². The number of aromatic nitrogens is 1. The molecule has 0 amide bonds. The Morgan fingerprint density at radius 1 is 1.64 bits per heavy atom. The van der Waals surface area contributed by atoms with Gasteiger partial charge < -0.3 is 11.6 Å². The van der Waals surface area contributed by atoms with Crippen molar-refractivity contribution in [2.75, 3.05) is 0 Å². The SMILES string of the molecule is Cc1cc(CS/C(N)=N/N)cc(Cl)n1. The molecule has 14 heavy (non-hydrogen) atoms. The molecule has 0 saturated carbocycles. The van der Waals surface area contributed by atoms with Crippen molar-refractivity contribution in [2.45, 2.75) is 12.7 Å². The van der Waals surface area contributed by atoms with Gasteiger partial charge in [-0.3, -0.25) is 0 Å². The van der Waals surface area contributed by atoms with Gasteiger partial charge in [0, 0.05) is 11.4 Å². The smallest absolute Gasteiger partial charge is 0.177 e. The highest BCUT2D eigenvalue weighted by Gasteiger charge is 2.00. The molecule has 0 aliphatic carbocycles. The molecule has 0 atom stereocenters. The standard InChI is InChI=1S/C8H11ClN4S/c1-5-2-6(3-7(9)12-5)4-14-8(10)13-11/h2-3H,4,11H2,1H3,(H2,10,13). The van der Waals surface area contributed by atoms with Crippen molar-refractivity contribution < 1.29 is 0 Å². The lowest BCUT2D eigenvalue weighted by Gasteiger charge is -2.02. The first-order chi connectivity index (χ1) is 6.61. The van der Waals surface area contributed by atoms with E-state index >= 15 is 0 Å². The zero-order valence-electron chi connectivity index (χ0n) is 7.70. The molecule has 0 aromatic carbocycles. The molecule has 0 saturated heterocycles. The lowest BCUT2D eigenvalue weighted by atomic mass is 10.2. The first-order valence-electron chi connectivity index (χ1n) is 3.91. The van der Waals surface area contributed by atoms with Crippen LogP contribution in [-0.4, -0.2) is 10.2 Å². The van der Waals surface area contributed by atoms with E-state index in [0.717, 1.165) is 11.3 Å². The molecule has 4 N–H and O–H groups in total. The van der Waals surface area contributed by atoms with E-state index < -0.39 is 0 Å². The molecule has 0 aliphatic heterocycles. The summed E-state index contributed by atoms with van der Waals surface area (Å²) >= 11 is 7.16. The number of nitrogens with two attached hydrogens (primary N) is 2. The fraction of sp³-hybridized carbons (Fsp3) is 0.250. The Morgan fingerprint density at radius 2 is 2.36 bits per heavy atom. The molecule has 1 aromatic rings. The van der Waals surface area contributed by atoms with E-state index in [2.05, 4.69) is 10.1 Å². The number of pyridine rings is 1. The molecule has 0 fully saturated rings. The van der Waals surface area contributed by atoms with Gasteiger partial charge in [-0.1, -0.05) is 23.4 Å². The first kappa shape index (κ1) is 11.1. The lowest BCUT2D eigenvalue weighted by molar-refractivity contribution is 1.17. The van der Waals surface area contributed by atoms with Crippen molar-refractivity contribution in [3.8, 4) is 0 Å². The second-order valence-electron chi connectivity index (χ2n) is 2.70. The van der Waals surface area contributed by atoms with Gasteiger partial charge in [0.05, 0.1) is 0 Å². The average Bonchev–Trinajstić information content (AvgIpc) is 2.12. The van der Waals surface area contributed by atoms with Crippen LogP contribution in [-0.2, 0) is 5.75 Å². The monoisotopic (exact) mass is 230 g/mol. The van der Waals surface area contributed by atoms with Gasteiger partial charge in [0.2, 0.25) is 0 Å². The second kappa shape index (κ2) is 5.07. The van der Waals surface area contributed by atoms with Crippen LogP contribution in [0.25, 0.3) is 0 Å². The summed E-state index contributed by atoms with van der Waals surface area (Å²) < 4.78 is 0. The minimum absolute atomic E-state index is 0.357. The van der Waals surface area contributed by atoms with Crippen LogP contribution in [0, 0.1) is 6.92 Å². The molecule has 0 unspecified atom stereocenters. The Labute approximate surface area is 91.7 Å². The third-order valence-electron chi connectivity index (χ3n) is 1.50. The molecule has 1 rings (SSSR count). The Bertz CT molecular complexity index is 333. The summed E-state index contributed by atoms with van der Waals surface area (Å²) in [5.74, 6) is 5.69. The van der Waals surface area contributed by atoms with Gasteiger partial charge in [-0.25, -0.2) is 4.98 Å². The van der Waals surface area contributed by atoms with E-state index in [-0.39, 0.29) is 0 Å². The van der Waals surface area contributed by atoms with Crippen LogP contribution in [0.15, 0.2) is 17.2 Å². The van der Waals surface area contributed by atoms with E-state index in [0.29, 0.717) is 16.1 Å². The maximum absolute atomic E-state index is 5.79. The van der Waals surface area contributed by atoms with Gasteiger partial charge in [-0.2, -0.15) is 5.10 Å². The summed E-state index contributed by atoms with van der Waals surface area (Å²) in [5, 5.41) is 4.20. The van der Waals surface area contributed by atoms with Crippen molar-refractivity contribution in [1.82, 2.24) is 4.98 Å². The minimum Gasteiger partial charge on any atom is -0.377 e. The number of nitrogens with zero attached hydrogens (tertiary/aromatic N) is 2. The summed E-state index contributed by atoms with van der Waals surface area (Å²) in [6.45, 7) is 1.89. The maximum Gasteiger partial charge on any atom is 0.177 e. The van der Waals surface area contributed by atoms with Crippen molar-refractivity contribution in [3.63, 3.8) is 0 Å². The van der Waals surface area contributed by atoms with Crippen molar-refractivity contribution in [2.24, 2.45) is 16.7 Å². The van der Waals surface area contributed by atoms with E-state index in [9.17, 15) is 0 Å². The van der Waals surface area contributed by atoms with Crippen LogP contribution in [0.1, 0.15) is 11.3 Å². The zero-order chi connectivity index (χ0) is 10.6. The Balaban J connectivity index is 2.67. The third-order valence-corrected chi connectivity index (χ3v) is 2.57. The third kappa shape index (κ3) is 3.43. The highest BCUT2D eigenvalue weighted by atomic mass is 35.5. The topological polar surface area (TPSA) is 77.3 Å². The lowest BCUT2D eigenvalue weighted by Crippen LogP contribution is -2.09. The summed E-state index contributed by atoms with van der Waals surface area (Å²) in [7, 11) is 0. The number of amidine groups is 1. The molecule has 1 aromatic heterocycles.